The predicted octanol–water partition coefficient (Wildman–Crippen LogP) is 0.771. The van der Waals surface area contributed by atoms with Gasteiger partial charge in [0.15, 0.2) is 5.65 Å². The molecule has 6 heteroatoms. The zero-order valence-electron chi connectivity index (χ0n) is 9.08. The van der Waals surface area contributed by atoms with Gasteiger partial charge in [-0.05, 0) is 6.07 Å². The summed E-state index contributed by atoms with van der Waals surface area (Å²) in [6.45, 7) is 0.607. The van der Waals surface area contributed by atoms with Crippen molar-refractivity contribution in [3.8, 4) is 0 Å². The molecule has 0 N–H and O–H groups in total. The highest BCUT2D eigenvalue weighted by molar-refractivity contribution is 6.00. The molecule has 0 bridgehead atoms. The third-order valence-electron chi connectivity index (χ3n) is 2.97. The Bertz CT molecular complexity index is 561. The van der Waals surface area contributed by atoms with Crippen LogP contribution in [0, 0.1) is 5.92 Å². The maximum Gasteiger partial charge on any atom is 0.259 e. The molecule has 17 heavy (non-hydrogen) atoms. The van der Waals surface area contributed by atoms with Crippen LogP contribution in [0.2, 0.25) is 0 Å². The van der Waals surface area contributed by atoms with Gasteiger partial charge >= 0.3 is 0 Å². The molecule has 1 aliphatic heterocycles. The molecule has 1 fully saturated rings. The Morgan fingerprint density at radius 1 is 1.53 bits per heavy atom. The summed E-state index contributed by atoms with van der Waals surface area (Å²) >= 11 is 0. The van der Waals surface area contributed by atoms with Gasteiger partial charge in [-0.1, -0.05) is 0 Å². The van der Waals surface area contributed by atoms with E-state index in [4.69, 9.17) is 0 Å². The molecule has 0 atom stereocenters. The second kappa shape index (κ2) is 3.80. The summed E-state index contributed by atoms with van der Waals surface area (Å²) < 4.78 is 13.9. The van der Waals surface area contributed by atoms with Crippen LogP contribution >= 0.6 is 0 Å². The smallest absolute Gasteiger partial charge is 0.259 e. The van der Waals surface area contributed by atoms with Crippen LogP contribution in [0.15, 0.2) is 24.7 Å². The molecule has 5 nitrogen and oxygen atoms in total. The summed E-state index contributed by atoms with van der Waals surface area (Å²) in [5, 5.41) is 4.05. The van der Waals surface area contributed by atoms with E-state index in [0.717, 1.165) is 0 Å². The summed E-state index contributed by atoms with van der Waals surface area (Å²) in [7, 11) is 0. The first kappa shape index (κ1) is 10.2. The Morgan fingerprint density at radius 2 is 2.35 bits per heavy atom. The summed E-state index contributed by atoms with van der Waals surface area (Å²) in [6, 6.07) is 1.75. The van der Waals surface area contributed by atoms with E-state index in [1.54, 1.807) is 27.9 Å². The number of amides is 1. The van der Waals surface area contributed by atoms with Gasteiger partial charge in [-0.3, -0.25) is 9.18 Å². The lowest BCUT2D eigenvalue weighted by atomic mass is 10.0. The summed E-state index contributed by atoms with van der Waals surface area (Å²) in [6.07, 6.45) is 4.86. The number of nitrogens with zero attached hydrogens (tertiary/aromatic N) is 4. The fourth-order valence-electron chi connectivity index (χ4n) is 1.98. The number of alkyl halides is 1. The maximum absolute atomic E-state index is 12.3. The number of carbonyl (C=O) groups is 1. The Kier molecular flexibility index (Phi) is 2.28. The van der Waals surface area contributed by atoms with E-state index in [2.05, 4.69) is 10.1 Å². The molecule has 0 aliphatic carbocycles. The summed E-state index contributed by atoms with van der Waals surface area (Å²) in [4.78, 5) is 17.8. The second-order valence-corrected chi connectivity index (χ2v) is 4.18. The SMILES string of the molecule is O=C(c1cnn2cccnc12)N1CC(CF)C1. The van der Waals surface area contributed by atoms with Gasteiger partial charge in [-0.25, -0.2) is 9.50 Å². The van der Waals surface area contributed by atoms with Gasteiger partial charge < -0.3 is 4.90 Å². The quantitative estimate of drug-likeness (QED) is 0.771. The summed E-state index contributed by atoms with van der Waals surface area (Å²) in [5.41, 5.74) is 1.02. The molecule has 1 aliphatic rings. The minimum absolute atomic E-state index is 0.00579. The van der Waals surface area contributed by atoms with Crippen molar-refractivity contribution in [2.24, 2.45) is 5.92 Å². The maximum atomic E-state index is 12.3. The Balaban J connectivity index is 1.87. The molecule has 1 saturated heterocycles. The van der Waals surface area contributed by atoms with E-state index in [1.165, 1.54) is 6.20 Å². The molecule has 3 heterocycles. The van der Waals surface area contributed by atoms with Gasteiger partial charge in [0.05, 0.1) is 12.9 Å². The van der Waals surface area contributed by atoms with Gasteiger partial charge in [-0.15, -0.1) is 0 Å². The number of hydrogen-bond acceptors (Lipinski definition) is 3. The molecule has 2 aromatic heterocycles. The van der Waals surface area contributed by atoms with E-state index in [-0.39, 0.29) is 18.5 Å². The molecule has 0 spiro atoms. The third kappa shape index (κ3) is 1.56. The molecule has 0 saturated carbocycles. The number of fused-ring (bicyclic) bond motifs is 1. The lowest BCUT2D eigenvalue weighted by molar-refractivity contribution is 0.0454. The Hall–Kier alpha value is -1.98. The van der Waals surface area contributed by atoms with Crippen molar-refractivity contribution in [1.82, 2.24) is 19.5 Å². The number of rotatable bonds is 2. The van der Waals surface area contributed by atoms with Crippen molar-refractivity contribution < 1.29 is 9.18 Å². The lowest BCUT2D eigenvalue weighted by Crippen LogP contribution is -2.50. The lowest BCUT2D eigenvalue weighted by Gasteiger charge is -2.37. The van der Waals surface area contributed by atoms with Crippen LogP contribution < -0.4 is 0 Å². The van der Waals surface area contributed by atoms with Crippen molar-refractivity contribution in [1.29, 1.82) is 0 Å². The average molecular weight is 234 g/mol. The normalized spacial score (nSPS) is 16.2. The van der Waals surface area contributed by atoms with Crippen LogP contribution in [0.5, 0.6) is 0 Å². The summed E-state index contributed by atoms with van der Waals surface area (Å²) in [5.74, 6) is -0.128. The Labute approximate surface area is 96.9 Å². The number of hydrogen-bond donors (Lipinski definition) is 0. The van der Waals surface area contributed by atoms with Gasteiger partial charge in [0.1, 0.15) is 5.56 Å². The van der Waals surface area contributed by atoms with Gasteiger partial charge in [0.2, 0.25) is 0 Å². The molecule has 3 rings (SSSR count). The molecule has 0 aromatic carbocycles. The van der Waals surface area contributed by atoms with Crippen LogP contribution in [0.4, 0.5) is 4.39 Å². The minimum atomic E-state index is -0.364. The molecule has 0 unspecified atom stereocenters. The van der Waals surface area contributed by atoms with Crippen molar-refractivity contribution in [3.05, 3.63) is 30.2 Å². The van der Waals surface area contributed by atoms with Gasteiger partial charge in [0, 0.05) is 31.4 Å². The fourth-order valence-corrected chi connectivity index (χ4v) is 1.98. The van der Waals surface area contributed by atoms with Crippen molar-refractivity contribution in [2.45, 2.75) is 0 Å². The highest BCUT2D eigenvalue weighted by Crippen LogP contribution is 2.20. The zero-order chi connectivity index (χ0) is 11.8. The van der Waals surface area contributed by atoms with Crippen LogP contribution in [0.25, 0.3) is 5.65 Å². The number of likely N-dealkylation sites (tertiary alicyclic amines) is 1. The minimum Gasteiger partial charge on any atom is -0.338 e. The highest BCUT2D eigenvalue weighted by Gasteiger charge is 2.32. The third-order valence-corrected chi connectivity index (χ3v) is 2.97. The van der Waals surface area contributed by atoms with Crippen LogP contribution in [-0.4, -0.2) is 45.2 Å². The number of halogens is 1. The molecule has 1 amide bonds. The topological polar surface area (TPSA) is 50.5 Å². The monoisotopic (exact) mass is 234 g/mol. The van der Waals surface area contributed by atoms with Crippen molar-refractivity contribution in [2.75, 3.05) is 19.8 Å². The van der Waals surface area contributed by atoms with Crippen LogP contribution in [0.3, 0.4) is 0 Å². The predicted molar refractivity (Wildman–Crippen MR) is 58.4 cm³/mol. The standard InChI is InChI=1S/C11H11FN4O/c12-4-8-6-15(7-8)11(17)9-5-14-16-3-1-2-13-10(9)16/h1-3,5,8H,4,6-7H2. The van der Waals surface area contributed by atoms with Gasteiger partial charge in [-0.2, -0.15) is 5.10 Å². The number of aromatic nitrogens is 3. The molecular formula is C11H11FN4O. The number of carbonyl (C=O) groups excluding carboxylic acids is 1. The molecule has 2 aromatic rings. The van der Waals surface area contributed by atoms with Gasteiger partial charge in [0.25, 0.3) is 5.91 Å². The van der Waals surface area contributed by atoms with E-state index >= 15 is 0 Å². The van der Waals surface area contributed by atoms with E-state index in [1.807, 2.05) is 0 Å². The fraction of sp³-hybridized carbons (Fsp3) is 0.364. The second-order valence-electron chi connectivity index (χ2n) is 4.18. The van der Waals surface area contributed by atoms with E-state index in [0.29, 0.717) is 24.3 Å². The Morgan fingerprint density at radius 3 is 3.12 bits per heavy atom. The molecular weight excluding hydrogens is 223 g/mol. The van der Waals surface area contributed by atoms with E-state index < -0.39 is 0 Å². The van der Waals surface area contributed by atoms with E-state index in [9.17, 15) is 9.18 Å². The van der Waals surface area contributed by atoms with Crippen LogP contribution in [0.1, 0.15) is 10.4 Å². The largest absolute Gasteiger partial charge is 0.338 e. The zero-order valence-corrected chi connectivity index (χ0v) is 9.08. The average Bonchev–Trinajstić information content (AvgIpc) is 2.71. The highest BCUT2D eigenvalue weighted by atomic mass is 19.1. The van der Waals surface area contributed by atoms with Crippen LogP contribution in [-0.2, 0) is 0 Å². The first-order valence-corrected chi connectivity index (χ1v) is 5.43. The first-order chi connectivity index (χ1) is 8.29. The first-order valence-electron chi connectivity index (χ1n) is 5.43. The van der Waals surface area contributed by atoms with Crippen molar-refractivity contribution >= 4 is 11.6 Å². The molecule has 88 valence electrons. The van der Waals surface area contributed by atoms with Crippen molar-refractivity contribution in [3.63, 3.8) is 0 Å². The molecule has 0 radical (unpaired) electrons.